The van der Waals surface area contributed by atoms with Crippen LogP contribution in [0.3, 0.4) is 0 Å². The third-order valence-corrected chi connectivity index (χ3v) is 6.89. The van der Waals surface area contributed by atoms with E-state index in [2.05, 4.69) is 21.6 Å². The van der Waals surface area contributed by atoms with Crippen molar-refractivity contribution >= 4 is 0 Å². The normalized spacial score (nSPS) is 23.1. The summed E-state index contributed by atoms with van der Waals surface area (Å²) in [5, 5.41) is 19.1. The van der Waals surface area contributed by atoms with Crippen LogP contribution in [0.2, 0.25) is 0 Å². The van der Waals surface area contributed by atoms with Gasteiger partial charge in [-0.05, 0) is 49.1 Å². The monoisotopic (exact) mass is 539 g/mol. The van der Waals surface area contributed by atoms with Crippen LogP contribution < -0.4 is 11.0 Å². The molecule has 0 saturated carbocycles. The molecule has 0 bridgehead atoms. The van der Waals surface area contributed by atoms with E-state index < -0.39 is 46.4 Å². The Hall–Kier alpha value is -3.63. The maximum atomic E-state index is 13.3. The first-order chi connectivity index (χ1) is 17.8. The van der Waals surface area contributed by atoms with Crippen LogP contribution in [0, 0.1) is 11.3 Å². The summed E-state index contributed by atoms with van der Waals surface area (Å²) in [6.45, 7) is 1.26. The Morgan fingerprint density at radius 2 is 1.71 bits per heavy atom. The summed E-state index contributed by atoms with van der Waals surface area (Å²) < 4.78 is 87.1. The standard InChI is InChI=1S/C25H23F6N5O2/c1-16(17-9-19(24(26,27)28)11-20(10-17)25(29,30)31)38-14-23(18-5-3-2-4-6-18)8-7-22(12-32,13-33-23)36-15-34-35-21(36)37/h2-6,9-11,15-16,33H,7-8,13-14H2,1H3,(H,35,37)/t16-,22-,23-/m1/s1. The minimum Gasteiger partial charge on any atom is -0.372 e. The number of halogens is 6. The Morgan fingerprint density at radius 3 is 2.18 bits per heavy atom. The predicted octanol–water partition coefficient (Wildman–Crippen LogP) is 4.88. The highest BCUT2D eigenvalue weighted by Crippen LogP contribution is 2.40. The number of nitrogens with one attached hydrogen (secondary N) is 2. The Labute approximate surface area is 213 Å². The highest BCUT2D eigenvalue weighted by Gasteiger charge is 2.46. The summed E-state index contributed by atoms with van der Waals surface area (Å²) in [6.07, 6.45) is -9.38. The van der Waals surface area contributed by atoms with Crippen LogP contribution in [0.25, 0.3) is 0 Å². The second-order valence-corrected chi connectivity index (χ2v) is 9.27. The van der Waals surface area contributed by atoms with Gasteiger partial charge in [0.05, 0.1) is 35.4 Å². The Balaban J connectivity index is 1.63. The molecule has 2 N–H and O–H groups in total. The van der Waals surface area contributed by atoms with E-state index in [1.165, 1.54) is 17.8 Å². The van der Waals surface area contributed by atoms with Gasteiger partial charge < -0.3 is 10.1 Å². The molecule has 1 aromatic heterocycles. The largest absolute Gasteiger partial charge is 0.416 e. The molecule has 202 valence electrons. The summed E-state index contributed by atoms with van der Waals surface area (Å²) in [7, 11) is 0. The molecule has 4 rings (SSSR count). The van der Waals surface area contributed by atoms with Crippen molar-refractivity contribution in [2.24, 2.45) is 0 Å². The number of aromatic amines is 1. The lowest BCUT2D eigenvalue weighted by molar-refractivity contribution is -0.143. The van der Waals surface area contributed by atoms with Crippen molar-refractivity contribution < 1.29 is 31.1 Å². The molecular formula is C25H23F6N5O2. The Kier molecular flexibility index (Phi) is 7.15. The first kappa shape index (κ1) is 27.4. The van der Waals surface area contributed by atoms with Crippen LogP contribution in [0.4, 0.5) is 26.3 Å². The van der Waals surface area contributed by atoms with E-state index in [1.54, 1.807) is 30.3 Å². The van der Waals surface area contributed by atoms with Gasteiger partial charge in [0.15, 0.2) is 0 Å². The lowest BCUT2D eigenvalue weighted by Gasteiger charge is -2.45. The fourth-order valence-corrected chi connectivity index (χ4v) is 4.61. The molecule has 0 aliphatic carbocycles. The zero-order chi connectivity index (χ0) is 27.8. The number of piperidine rings is 1. The number of hydrogen-bond acceptors (Lipinski definition) is 5. The Morgan fingerprint density at radius 1 is 1.08 bits per heavy atom. The van der Waals surface area contributed by atoms with Crippen molar-refractivity contribution in [3.63, 3.8) is 0 Å². The molecule has 0 spiro atoms. The third kappa shape index (κ3) is 5.32. The van der Waals surface area contributed by atoms with Crippen LogP contribution in [-0.4, -0.2) is 27.9 Å². The fraction of sp³-hybridized carbons (Fsp3) is 0.400. The summed E-state index contributed by atoms with van der Waals surface area (Å²) >= 11 is 0. The lowest BCUT2D eigenvalue weighted by Crippen LogP contribution is -2.59. The van der Waals surface area contributed by atoms with Crippen LogP contribution in [0.5, 0.6) is 0 Å². The molecule has 1 fully saturated rings. The van der Waals surface area contributed by atoms with E-state index in [-0.39, 0.29) is 37.6 Å². The molecule has 0 unspecified atom stereocenters. The maximum Gasteiger partial charge on any atom is 0.416 e. The van der Waals surface area contributed by atoms with Gasteiger partial charge in [-0.1, -0.05) is 30.3 Å². The molecule has 38 heavy (non-hydrogen) atoms. The molecule has 2 heterocycles. The van der Waals surface area contributed by atoms with Crippen LogP contribution in [0.1, 0.15) is 48.1 Å². The lowest BCUT2D eigenvalue weighted by atomic mass is 9.76. The van der Waals surface area contributed by atoms with Crippen molar-refractivity contribution in [1.29, 1.82) is 5.26 Å². The molecule has 2 aromatic carbocycles. The quantitative estimate of drug-likeness (QED) is 0.436. The van der Waals surface area contributed by atoms with Crippen LogP contribution >= 0.6 is 0 Å². The topological polar surface area (TPSA) is 95.7 Å². The molecule has 0 amide bonds. The number of benzene rings is 2. The van der Waals surface area contributed by atoms with Crippen molar-refractivity contribution in [2.75, 3.05) is 13.2 Å². The third-order valence-electron chi connectivity index (χ3n) is 6.89. The molecule has 1 aliphatic rings. The Bertz CT molecular complexity index is 1330. The van der Waals surface area contributed by atoms with E-state index in [1.807, 2.05) is 0 Å². The summed E-state index contributed by atoms with van der Waals surface area (Å²) in [4.78, 5) is 12.2. The first-order valence-corrected chi connectivity index (χ1v) is 11.5. The number of hydrogen-bond donors (Lipinski definition) is 2. The zero-order valence-electron chi connectivity index (χ0n) is 20.0. The number of rotatable bonds is 6. The molecular weight excluding hydrogens is 516 g/mol. The molecule has 3 aromatic rings. The van der Waals surface area contributed by atoms with Crippen LogP contribution in [0.15, 0.2) is 59.7 Å². The van der Waals surface area contributed by atoms with Gasteiger partial charge in [0.1, 0.15) is 11.9 Å². The first-order valence-electron chi connectivity index (χ1n) is 11.5. The summed E-state index contributed by atoms with van der Waals surface area (Å²) in [5.41, 5.74) is -5.11. The molecule has 1 aliphatic heterocycles. The number of ether oxygens (including phenoxy) is 1. The summed E-state index contributed by atoms with van der Waals surface area (Å²) in [6, 6.07) is 12.5. The van der Waals surface area contributed by atoms with Crippen molar-refractivity contribution in [3.8, 4) is 6.07 Å². The number of H-pyrrole nitrogens is 1. The average molecular weight is 539 g/mol. The SMILES string of the molecule is C[C@@H](OC[C@@]1(c2ccccc2)CC[C@](C#N)(n2cn[nH]c2=O)CN1)c1cc(C(F)(F)F)cc(C(F)(F)F)c1. The minimum atomic E-state index is -4.97. The number of nitriles is 1. The minimum absolute atomic E-state index is 0.0113. The second kappa shape index (κ2) is 9.92. The van der Waals surface area contributed by atoms with Gasteiger partial charge in [0.25, 0.3) is 0 Å². The van der Waals surface area contributed by atoms with Gasteiger partial charge in [0.2, 0.25) is 0 Å². The molecule has 0 radical (unpaired) electrons. The number of nitrogens with zero attached hydrogens (tertiary/aromatic N) is 3. The molecule has 7 nitrogen and oxygen atoms in total. The van der Waals surface area contributed by atoms with Crippen LogP contribution in [-0.2, 0) is 28.2 Å². The van der Waals surface area contributed by atoms with Crippen molar-refractivity contribution in [2.45, 2.75) is 49.3 Å². The van der Waals surface area contributed by atoms with Gasteiger partial charge in [-0.3, -0.25) is 4.57 Å². The molecule has 1 saturated heterocycles. The van der Waals surface area contributed by atoms with E-state index in [0.29, 0.717) is 12.1 Å². The van der Waals surface area contributed by atoms with Gasteiger partial charge in [0, 0.05) is 6.54 Å². The summed E-state index contributed by atoms with van der Waals surface area (Å²) in [5.74, 6) is 0. The molecule has 13 heteroatoms. The van der Waals surface area contributed by atoms with Crippen molar-refractivity contribution in [1.82, 2.24) is 20.1 Å². The maximum absolute atomic E-state index is 13.3. The van der Waals surface area contributed by atoms with E-state index >= 15 is 0 Å². The zero-order valence-corrected chi connectivity index (χ0v) is 20.0. The smallest absolute Gasteiger partial charge is 0.372 e. The van der Waals surface area contributed by atoms with Gasteiger partial charge in [-0.15, -0.1) is 0 Å². The predicted molar refractivity (Wildman–Crippen MR) is 123 cm³/mol. The van der Waals surface area contributed by atoms with Gasteiger partial charge >= 0.3 is 18.0 Å². The van der Waals surface area contributed by atoms with E-state index in [4.69, 9.17) is 4.74 Å². The number of aromatic nitrogens is 3. The highest BCUT2D eigenvalue weighted by atomic mass is 19.4. The van der Waals surface area contributed by atoms with Gasteiger partial charge in [-0.25, -0.2) is 9.89 Å². The second-order valence-electron chi connectivity index (χ2n) is 9.27. The van der Waals surface area contributed by atoms with E-state index in [0.717, 1.165) is 5.56 Å². The highest BCUT2D eigenvalue weighted by molar-refractivity contribution is 5.35. The van der Waals surface area contributed by atoms with Gasteiger partial charge in [-0.2, -0.15) is 36.7 Å². The average Bonchev–Trinajstić information content (AvgIpc) is 3.33. The van der Waals surface area contributed by atoms with Crippen molar-refractivity contribution in [3.05, 3.63) is 87.6 Å². The van der Waals surface area contributed by atoms with E-state index in [9.17, 15) is 36.4 Å². The number of alkyl halides is 6. The molecule has 3 atom stereocenters. The fourth-order valence-electron chi connectivity index (χ4n) is 4.61.